The molecule has 3 saturated heterocycles. The second kappa shape index (κ2) is 7.19. The Morgan fingerprint density at radius 3 is 2.56 bits per heavy atom. The van der Waals surface area contributed by atoms with Crippen LogP contribution in [0.3, 0.4) is 0 Å². The number of aromatic amines is 1. The zero-order valence-corrected chi connectivity index (χ0v) is 15.8. The monoisotopic (exact) mass is 366 g/mol. The van der Waals surface area contributed by atoms with Gasteiger partial charge in [0.2, 0.25) is 5.91 Å². The van der Waals surface area contributed by atoms with Crippen LogP contribution in [0.1, 0.15) is 37.2 Å². The fourth-order valence-electron chi connectivity index (χ4n) is 4.48. The van der Waals surface area contributed by atoms with E-state index in [1.807, 2.05) is 30.3 Å². The molecule has 1 aromatic carbocycles. The number of piperidine rings is 3. The van der Waals surface area contributed by atoms with E-state index in [9.17, 15) is 9.59 Å². The minimum atomic E-state index is -0.122. The molecule has 0 radical (unpaired) electrons. The van der Waals surface area contributed by atoms with Crippen LogP contribution in [-0.2, 0) is 4.79 Å². The average Bonchev–Trinajstić information content (AvgIpc) is 3.15. The molecule has 2 atom stereocenters. The topological polar surface area (TPSA) is 77.2 Å². The van der Waals surface area contributed by atoms with E-state index >= 15 is 0 Å². The van der Waals surface area contributed by atoms with Gasteiger partial charge in [0.05, 0.1) is 5.69 Å². The molecule has 2 aromatic rings. The summed E-state index contributed by atoms with van der Waals surface area (Å²) < 4.78 is 0. The van der Waals surface area contributed by atoms with Gasteiger partial charge in [-0.2, -0.15) is 0 Å². The average molecular weight is 366 g/mol. The molecular formula is C21H26N4O2. The van der Waals surface area contributed by atoms with E-state index in [0.717, 1.165) is 42.9 Å². The maximum atomic E-state index is 12.8. The summed E-state index contributed by atoms with van der Waals surface area (Å²) in [5.74, 6) is 0.385. The largest absolute Gasteiger partial charge is 0.350 e. The summed E-state index contributed by atoms with van der Waals surface area (Å²) in [6, 6.07) is 11.8. The predicted octanol–water partition coefficient (Wildman–Crippen LogP) is 2.85. The third-order valence-corrected chi connectivity index (χ3v) is 5.93. The molecule has 3 aliphatic rings. The zero-order chi connectivity index (χ0) is 19.0. The standard InChI is InChI=1S/C21H26N4O2/c1-13-20(15-9-11-25(13)12-10-15)24-21(27)19-8-7-18(23-19)16-5-3-4-6-17(16)22-14(2)26/h3-8,13,15,20,23H,9-12H2,1-2H3,(H,22,26)(H,24,27)/t13-,20-/m0/s1. The number of anilines is 1. The molecule has 0 saturated carbocycles. The molecule has 27 heavy (non-hydrogen) atoms. The molecule has 2 bridgehead atoms. The van der Waals surface area contributed by atoms with Crippen LogP contribution in [0.25, 0.3) is 11.3 Å². The highest BCUT2D eigenvalue weighted by molar-refractivity contribution is 5.96. The lowest BCUT2D eigenvalue weighted by Gasteiger charge is -2.49. The number of hydrogen-bond donors (Lipinski definition) is 3. The van der Waals surface area contributed by atoms with Crippen molar-refractivity contribution in [1.29, 1.82) is 0 Å². The van der Waals surface area contributed by atoms with Gasteiger partial charge in [-0.3, -0.25) is 14.5 Å². The van der Waals surface area contributed by atoms with E-state index in [-0.39, 0.29) is 17.9 Å². The molecule has 0 aliphatic carbocycles. The van der Waals surface area contributed by atoms with Crippen molar-refractivity contribution in [2.24, 2.45) is 5.92 Å². The van der Waals surface area contributed by atoms with E-state index in [2.05, 4.69) is 27.4 Å². The molecule has 3 fully saturated rings. The number of para-hydroxylation sites is 1. The smallest absolute Gasteiger partial charge is 0.267 e. The number of benzene rings is 1. The molecule has 142 valence electrons. The number of amides is 2. The highest BCUT2D eigenvalue weighted by Gasteiger charge is 2.40. The number of H-pyrrole nitrogens is 1. The number of fused-ring (bicyclic) bond motifs is 3. The first-order valence-electron chi connectivity index (χ1n) is 9.64. The number of nitrogens with zero attached hydrogens (tertiary/aromatic N) is 1. The summed E-state index contributed by atoms with van der Waals surface area (Å²) >= 11 is 0. The first kappa shape index (κ1) is 17.8. The minimum Gasteiger partial charge on any atom is -0.350 e. The Morgan fingerprint density at radius 2 is 1.85 bits per heavy atom. The lowest BCUT2D eigenvalue weighted by molar-refractivity contribution is -0.114. The van der Waals surface area contributed by atoms with Crippen LogP contribution < -0.4 is 10.6 Å². The quantitative estimate of drug-likeness (QED) is 0.779. The van der Waals surface area contributed by atoms with Gasteiger partial charge in [-0.15, -0.1) is 0 Å². The third-order valence-electron chi connectivity index (χ3n) is 5.93. The van der Waals surface area contributed by atoms with Crippen LogP contribution in [-0.4, -0.2) is 46.9 Å². The maximum Gasteiger partial charge on any atom is 0.267 e. The lowest BCUT2D eigenvalue weighted by atomic mass is 9.79. The van der Waals surface area contributed by atoms with Crippen LogP contribution >= 0.6 is 0 Å². The van der Waals surface area contributed by atoms with Crippen LogP contribution in [0, 0.1) is 5.92 Å². The number of carbonyl (C=O) groups excluding carboxylic acids is 2. The van der Waals surface area contributed by atoms with E-state index < -0.39 is 0 Å². The fourth-order valence-corrected chi connectivity index (χ4v) is 4.48. The van der Waals surface area contributed by atoms with E-state index in [4.69, 9.17) is 0 Å². The van der Waals surface area contributed by atoms with E-state index in [0.29, 0.717) is 17.7 Å². The molecule has 6 nitrogen and oxygen atoms in total. The van der Waals surface area contributed by atoms with Crippen molar-refractivity contribution in [3.63, 3.8) is 0 Å². The molecule has 3 aliphatic heterocycles. The second-order valence-electron chi connectivity index (χ2n) is 7.63. The van der Waals surface area contributed by atoms with Crippen molar-refractivity contribution in [2.45, 2.75) is 38.8 Å². The maximum absolute atomic E-state index is 12.8. The second-order valence-corrected chi connectivity index (χ2v) is 7.63. The van der Waals surface area contributed by atoms with Crippen molar-refractivity contribution < 1.29 is 9.59 Å². The predicted molar refractivity (Wildman–Crippen MR) is 106 cm³/mol. The number of nitrogens with one attached hydrogen (secondary N) is 3. The van der Waals surface area contributed by atoms with Crippen LogP contribution in [0.4, 0.5) is 5.69 Å². The molecule has 0 spiro atoms. The highest BCUT2D eigenvalue weighted by atomic mass is 16.2. The van der Waals surface area contributed by atoms with Gasteiger partial charge in [-0.25, -0.2) is 0 Å². The van der Waals surface area contributed by atoms with Crippen molar-refractivity contribution in [3.05, 3.63) is 42.1 Å². The number of carbonyl (C=O) groups is 2. The zero-order valence-electron chi connectivity index (χ0n) is 15.8. The van der Waals surface area contributed by atoms with Gasteiger partial charge in [-0.05, 0) is 57.0 Å². The van der Waals surface area contributed by atoms with Gasteiger partial charge in [-0.1, -0.05) is 18.2 Å². The van der Waals surface area contributed by atoms with E-state index in [1.54, 1.807) is 6.07 Å². The van der Waals surface area contributed by atoms with Gasteiger partial charge in [0.15, 0.2) is 0 Å². The molecule has 3 N–H and O–H groups in total. The molecule has 5 rings (SSSR count). The summed E-state index contributed by atoms with van der Waals surface area (Å²) in [7, 11) is 0. The third kappa shape index (κ3) is 3.49. The number of aromatic nitrogens is 1. The van der Waals surface area contributed by atoms with Gasteiger partial charge in [0.1, 0.15) is 5.69 Å². The summed E-state index contributed by atoms with van der Waals surface area (Å²) in [6.07, 6.45) is 2.32. The Bertz CT molecular complexity index is 849. The summed E-state index contributed by atoms with van der Waals surface area (Å²) in [5, 5.41) is 6.08. The molecule has 4 heterocycles. The Kier molecular flexibility index (Phi) is 4.74. The molecule has 2 amide bonds. The molecular weight excluding hydrogens is 340 g/mol. The Hall–Kier alpha value is -2.60. The van der Waals surface area contributed by atoms with Crippen molar-refractivity contribution in [3.8, 4) is 11.3 Å². The number of rotatable bonds is 4. The van der Waals surface area contributed by atoms with Crippen LogP contribution in [0.15, 0.2) is 36.4 Å². The van der Waals surface area contributed by atoms with Gasteiger partial charge < -0.3 is 15.6 Å². The summed E-state index contributed by atoms with van der Waals surface area (Å²) in [4.78, 5) is 29.9. The molecule has 1 aromatic heterocycles. The Morgan fingerprint density at radius 1 is 1.11 bits per heavy atom. The van der Waals surface area contributed by atoms with Crippen LogP contribution in [0.5, 0.6) is 0 Å². The van der Waals surface area contributed by atoms with Gasteiger partial charge in [0, 0.05) is 30.3 Å². The van der Waals surface area contributed by atoms with Crippen molar-refractivity contribution >= 4 is 17.5 Å². The molecule has 0 unspecified atom stereocenters. The van der Waals surface area contributed by atoms with Crippen molar-refractivity contribution in [2.75, 3.05) is 18.4 Å². The Balaban J connectivity index is 1.51. The SMILES string of the molecule is CC(=O)Nc1ccccc1-c1ccc(C(=O)N[C@@H]2C3CCN(CC3)[C@H]2C)[nH]1. The van der Waals surface area contributed by atoms with Crippen LogP contribution in [0.2, 0.25) is 0 Å². The minimum absolute atomic E-state index is 0.0659. The first-order chi connectivity index (χ1) is 13.0. The number of hydrogen-bond acceptors (Lipinski definition) is 3. The fraction of sp³-hybridized carbons (Fsp3) is 0.429. The summed E-state index contributed by atoms with van der Waals surface area (Å²) in [6.45, 7) is 5.98. The Labute approximate surface area is 159 Å². The molecule has 6 heteroatoms. The van der Waals surface area contributed by atoms with Crippen molar-refractivity contribution in [1.82, 2.24) is 15.2 Å². The normalized spacial score (nSPS) is 26.6. The summed E-state index contributed by atoms with van der Waals surface area (Å²) in [5.41, 5.74) is 2.95. The van der Waals surface area contributed by atoms with Gasteiger partial charge in [0.25, 0.3) is 5.91 Å². The van der Waals surface area contributed by atoms with E-state index in [1.165, 1.54) is 6.92 Å². The first-order valence-corrected chi connectivity index (χ1v) is 9.64. The van der Waals surface area contributed by atoms with Gasteiger partial charge >= 0.3 is 0 Å². The highest BCUT2D eigenvalue weighted by Crippen LogP contribution is 2.32. The lowest BCUT2D eigenvalue weighted by Crippen LogP contribution is -2.62.